The highest BCUT2D eigenvalue weighted by Gasteiger charge is 2.02. The highest BCUT2D eigenvalue weighted by atomic mass is 16.5. The summed E-state index contributed by atoms with van der Waals surface area (Å²) in [5.74, 6) is 0.989. The number of methoxy groups -OCH3 is 1. The zero-order valence-electron chi connectivity index (χ0n) is 9.92. The highest BCUT2D eigenvalue weighted by Crippen LogP contribution is 2.17. The minimum Gasteiger partial charge on any atom is -0.496 e. The van der Waals surface area contributed by atoms with Crippen LogP contribution >= 0.6 is 0 Å². The molecule has 84 valence electrons. The predicted molar refractivity (Wildman–Crippen MR) is 64.5 cm³/mol. The zero-order chi connectivity index (χ0) is 11.1. The second kappa shape index (κ2) is 6.46. The standard InChI is InChI=1S/C13H21NO/c1-4-11(2)14-10-9-12-7-5-6-8-13(12)15-3/h5-8,11,14H,4,9-10H2,1-3H3. The van der Waals surface area contributed by atoms with Crippen LogP contribution < -0.4 is 10.1 Å². The molecule has 0 amide bonds. The van der Waals surface area contributed by atoms with Crippen molar-refractivity contribution in [2.75, 3.05) is 13.7 Å². The van der Waals surface area contributed by atoms with E-state index in [0.29, 0.717) is 6.04 Å². The third-order valence-electron chi connectivity index (χ3n) is 2.69. The van der Waals surface area contributed by atoms with E-state index in [-0.39, 0.29) is 0 Å². The van der Waals surface area contributed by atoms with Crippen LogP contribution in [0, 0.1) is 0 Å². The fraction of sp³-hybridized carbons (Fsp3) is 0.538. The Bertz CT molecular complexity index is 286. The van der Waals surface area contributed by atoms with Crippen LogP contribution in [0.4, 0.5) is 0 Å². The summed E-state index contributed by atoms with van der Waals surface area (Å²) in [5.41, 5.74) is 1.27. The summed E-state index contributed by atoms with van der Waals surface area (Å²) < 4.78 is 5.30. The van der Waals surface area contributed by atoms with E-state index in [0.717, 1.165) is 18.7 Å². The molecule has 0 aliphatic heterocycles. The smallest absolute Gasteiger partial charge is 0.122 e. The summed E-state index contributed by atoms with van der Waals surface area (Å²) in [4.78, 5) is 0. The monoisotopic (exact) mass is 207 g/mol. The van der Waals surface area contributed by atoms with E-state index in [1.165, 1.54) is 12.0 Å². The summed E-state index contributed by atoms with van der Waals surface area (Å²) in [6, 6.07) is 8.79. The summed E-state index contributed by atoms with van der Waals surface area (Å²) in [7, 11) is 1.72. The van der Waals surface area contributed by atoms with E-state index in [4.69, 9.17) is 4.74 Å². The van der Waals surface area contributed by atoms with Crippen molar-refractivity contribution in [3.8, 4) is 5.75 Å². The van der Waals surface area contributed by atoms with Gasteiger partial charge in [0.05, 0.1) is 7.11 Å². The van der Waals surface area contributed by atoms with Crippen LogP contribution in [0.25, 0.3) is 0 Å². The molecule has 2 nitrogen and oxygen atoms in total. The van der Waals surface area contributed by atoms with Crippen molar-refractivity contribution in [2.45, 2.75) is 32.7 Å². The molecule has 1 atom stereocenters. The molecule has 0 aromatic heterocycles. The van der Waals surface area contributed by atoms with E-state index in [2.05, 4.69) is 31.3 Å². The molecule has 0 saturated carbocycles. The third-order valence-corrected chi connectivity index (χ3v) is 2.69. The van der Waals surface area contributed by atoms with Crippen molar-refractivity contribution >= 4 is 0 Å². The molecule has 0 spiro atoms. The number of ether oxygens (including phenoxy) is 1. The van der Waals surface area contributed by atoms with Gasteiger partial charge < -0.3 is 10.1 Å². The molecule has 1 aromatic carbocycles. The van der Waals surface area contributed by atoms with E-state index in [1.807, 2.05) is 12.1 Å². The van der Waals surface area contributed by atoms with E-state index >= 15 is 0 Å². The Morgan fingerprint density at radius 2 is 2.07 bits per heavy atom. The lowest BCUT2D eigenvalue weighted by molar-refractivity contribution is 0.408. The first-order chi connectivity index (χ1) is 7.27. The maximum Gasteiger partial charge on any atom is 0.122 e. The van der Waals surface area contributed by atoms with Gasteiger partial charge in [-0.1, -0.05) is 25.1 Å². The zero-order valence-corrected chi connectivity index (χ0v) is 9.92. The van der Waals surface area contributed by atoms with Gasteiger partial charge in [0, 0.05) is 6.04 Å². The molecule has 0 aliphatic carbocycles. The lowest BCUT2D eigenvalue weighted by atomic mass is 10.1. The molecule has 0 heterocycles. The molecule has 2 heteroatoms. The van der Waals surface area contributed by atoms with Crippen LogP contribution in [0.2, 0.25) is 0 Å². The minimum atomic E-state index is 0.597. The van der Waals surface area contributed by atoms with Crippen molar-refractivity contribution in [3.63, 3.8) is 0 Å². The Balaban J connectivity index is 2.43. The number of hydrogen-bond donors (Lipinski definition) is 1. The van der Waals surface area contributed by atoms with Crippen LogP contribution in [-0.4, -0.2) is 19.7 Å². The molecule has 1 rings (SSSR count). The van der Waals surface area contributed by atoms with Gasteiger partial charge in [-0.05, 0) is 37.9 Å². The number of rotatable bonds is 6. The van der Waals surface area contributed by atoms with E-state index in [1.54, 1.807) is 7.11 Å². The predicted octanol–water partition coefficient (Wildman–Crippen LogP) is 2.63. The number of benzene rings is 1. The number of nitrogens with one attached hydrogen (secondary N) is 1. The first kappa shape index (κ1) is 12.1. The van der Waals surface area contributed by atoms with Gasteiger partial charge in [-0.25, -0.2) is 0 Å². The Hall–Kier alpha value is -1.02. The van der Waals surface area contributed by atoms with Crippen LogP contribution in [0.15, 0.2) is 24.3 Å². The van der Waals surface area contributed by atoms with E-state index < -0.39 is 0 Å². The maximum atomic E-state index is 5.30. The first-order valence-corrected chi connectivity index (χ1v) is 5.63. The molecule has 0 radical (unpaired) electrons. The largest absolute Gasteiger partial charge is 0.496 e. The topological polar surface area (TPSA) is 21.3 Å². The summed E-state index contributed by atoms with van der Waals surface area (Å²) in [5, 5.41) is 3.48. The summed E-state index contributed by atoms with van der Waals surface area (Å²) in [6.07, 6.45) is 2.19. The molecule has 1 aromatic rings. The normalized spacial score (nSPS) is 12.5. The van der Waals surface area contributed by atoms with Crippen molar-refractivity contribution in [1.29, 1.82) is 0 Å². The van der Waals surface area contributed by atoms with Gasteiger partial charge in [0.15, 0.2) is 0 Å². The quantitative estimate of drug-likeness (QED) is 0.774. The second-order valence-electron chi connectivity index (χ2n) is 3.83. The Morgan fingerprint density at radius 1 is 1.33 bits per heavy atom. The average molecular weight is 207 g/mol. The van der Waals surface area contributed by atoms with Crippen molar-refractivity contribution in [2.24, 2.45) is 0 Å². The summed E-state index contributed by atoms with van der Waals surface area (Å²) >= 11 is 0. The Morgan fingerprint density at radius 3 is 2.73 bits per heavy atom. The second-order valence-corrected chi connectivity index (χ2v) is 3.83. The SMILES string of the molecule is CCC(C)NCCc1ccccc1OC. The molecule has 0 fully saturated rings. The Labute approximate surface area is 92.6 Å². The fourth-order valence-electron chi connectivity index (χ4n) is 1.51. The van der Waals surface area contributed by atoms with Gasteiger partial charge >= 0.3 is 0 Å². The van der Waals surface area contributed by atoms with Gasteiger partial charge in [0.1, 0.15) is 5.75 Å². The molecule has 1 N–H and O–H groups in total. The van der Waals surface area contributed by atoms with Crippen LogP contribution in [0.3, 0.4) is 0 Å². The van der Waals surface area contributed by atoms with Gasteiger partial charge in [-0.2, -0.15) is 0 Å². The average Bonchev–Trinajstić information content (AvgIpc) is 2.29. The van der Waals surface area contributed by atoms with Crippen LogP contribution in [0.1, 0.15) is 25.8 Å². The highest BCUT2D eigenvalue weighted by molar-refractivity contribution is 5.33. The number of para-hydroxylation sites is 1. The van der Waals surface area contributed by atoms with Crippen LogP contribution in [0.5, 0.6) is 5.75 Å². The molecular formula is C13H21NO. The maximum absolute atomic E-state index is 5.30. The molecular weight excluding hydrogens is 186 g/mol. The van der Waals surface area contributed by atoms with Crippen molar-refractivity contribution in [3.05, 3.63) is 29.8 Å². The van der Waals surface area contributed by atoms with Crippen LogP contribution in [-0.2, 0) is 6.42 Å². The summed E-state index contributed by atoms with van der Waals surface area (Å²) in [6.45, 7) is 5.42. The molecule has 15 heavy (non-hydrogen) atoms. The van der Waals surface area contributed by atoms with Gasteiger partial charge in [-0.15, -0.1) is 0 Å². The first-order valence-electron chi connectivity index (χ1n) is 5.63. The fourth-order valence-corrected chi connectivity index (χ4v) is 1.51. The lowest BCUT2D eigenvalue weighted by Gasteiger charge is -2.12. The van der Waals surface area contributed by atoms with Gasteiger partial charge in [-0.3, -0.25) is 0 Å². The number of hydrogen-bond acceptors (Lipinski definition) is 2. The van der Waals surface area contributed by atoms with Crippen molar-refractivity contribution in [1.82, 2.24) is 5.32 Å². The van der Waals surface area contributed by atoms with Crippen molar-refractivity contribution < 1.29 is 4.74 Å². The molecule has 0 aliphatic rings. The minimum absolute atomic E-state index is 0.597. The van der Waals surface area contributed by atoms with E-state index in [9.17, 15) is 0 Å². The third kappa shape index (κ3) is 3.92. The lowest BCUT2D eigenvalue weighted by Crippen LogP contribution is -2.27. The Kier molecular flexibility index (Phi) is 5.19. The molecule has 0 saturated heterocycles. The molecule has 0 bridgehead atoms. The molecule has 1 unspecified atom stereocenters. The van der Waals surface area contributed by atoms with Gasteiger partial charge in [0.2, 0.25) is 0 Å². The van der Waals surface area contributed by atoms with Gasteiger partial charge in [0.25, 0.3) is 0 Å².